The van der Waals surface area contributed by atoms with Crippen molar-refractivity contribution >= 4 is 27.8 Å². The minimum Gasteiger partial charge on any atom is -0.483 e. The van der Waals surface area contributed by atoms with E-state index in [9.17, 15) is 14.0 Å². The van der Waals surface area contributed by atoms with Crippen LogP contribution >= 0.6 is 15.9 Å². The van der Waals surface area contributed by atoms with Gasteiger partial charge in [0.05, 0.1) is 11.1 Å². The molecule has 0 aromatic heterocycles. The van der Waals surface area contributed by atoms with Crippen molar-refractivity contribution in [3.05, 3.63) is 28.5 Å². The molecule has 0 heterocycles. The summed E-state index contributed by atoms with van der Waals surface area (Å²) in [6.45, 7) is 3.16. The molecule has 1 aromatic carbocycles. The standard InChI is InChI=1S/C13H15BrFNO4/c1-3-19-13(18)8(2)16-12(17)7-20-11-5-4-9(15)6-10(11)14/h4-6,8H,3,7H2,1-2H3,(H,16,17). The molecule has 110 valence electrons. The van der Waals surface area contributed by atoms with Crippen LogP contribution in [0.3, 0.4) is 0 Å². The molecule has 7 heteroatoms. The molecule has 1 atom stereocenters. The number of nitrogens with one attached hydrogen (secondary N) is 1. The van der Waals surface area contributed by atoms with E-state index in [1.807, 2.05) is 0 Å². The van der Waals surface area contributed by atoms with Gasteiger partial charge in [0.15, 0.2) is 6.61 Å². The van der Waals surface area contributed by atoms with Gasteiger partial charge in [-0.1, -0.05) is 0 Å². The van der Waals surface area contributed by atoms with Crippen molar-refractivity contribution in [1.29, 1.82) is 0 Å². The third-order valence-corrected chi connectivity index (χ3v) is 2.89. The average molecular weight is 348 g/mol. The van der Waals surface area contributed by atoms with Crippen molar-refractivity contribution in [1.82, 2.24) is 5.32 Å². The van der Waals surface area contributed by atoms with Crippen LogP contribution in [0.5, 0.6) is 5.75 Å². The van der Waals surface area contributed by atoms with E-state index >= 15 is 0 Å². The molecule has 1 rings (SSSR count). The molecule has 0 bridgehead atoms. The van der Waals surface area contributed by atoms with Crippen LogP contribution in [0.1, 0.15) is 13.8 Å². The summed E-state index contributed by atoms with van der Waals surface area (Å²) in [6.07, 6.45) is 0. The van der Waals surface area contributed by atoms with E-state index in [2.05, 4.69) is 21.2 Å². The third kappa shape index (κ3) is 5.16. The zero-order valence-corrected chi connectivity index (χ0v) is 12.7. The summed E-state index contributed by atoms with van der Waals surface area (Å²) in [4.78, 5) is 22.9. The van der Waals surface area contributed by atoms with E-state index in [0.717, 1.165) is 0 Å². The van der Waals surface area contributed by atoms with Crippen molar-refractivity contribution in [3.8, 4) is 5.75 Å². The first-order valence-electron chi connectivity index (χ1n) is 5.98. The molecule has 1 unspecified atom stereocenters. The molecule has 0 spiro atoms. The van der Waals surface area contributed by atoms with E-state index in [1.165, 1.54) is 25.1 Å². The highest BCUT2D eigenvalue weighted by atomic mass is 79.9. The van der Waals surface area contributed by atoms with Crippen LogP contribution < -0.4 is 10.1 Å². The number of benzene rings is 1. The van der Waals surface area contributed by atoms with Crippen LogP contribution in [-0.2, 0) is 14.3 Å². The fourth-order valence-electron chi connectivity index (χ4n) is 1.34. The molecule has 1 amide bonds. The minimum absolute atomic E-state index is 0.248. The van der Waals surface area contributed by atoms with Crippen LogP contribution in [0, 0.1) is 5.82 Å². The fourth-order valence-corrected chi connectivity index (χ4v) is 1.81. The minimum atomic E-state index is -0.747. The quantitative estimate of drug-likeness (QED) is 0.799. The molecule has 0 saturated carbocycles. The van der Waals surface area contributed by atoms with E-state index < -0.39 is 23.7 Å². The molecule has 0 fully saturated rings. The fraction of sp³-hybridized carbons (Fsp3) is 0.385. The monoisotopic (exact) mass is 347 g/mol. The Hall–Kier alpha value is -1.63. The number of carbonyl (C=O) groups excluding carboxylic acids is 2. The van der Waals surface area contributed by atoms with E-state index in [4.69, 9.17) is 9.47 Å². The Morgan fingerprint density at radius 1 is 1.45 bits per heavy atom. The molecular formula is C13H15BrFNO4. The van der Waals surface area contributed by atoms with E-state index in [1.54, 1.807) is 6.92 Å². The molecule has 0 radical (unpaired) electrons. The van der Waals surface area contributed by atoms with Crippen LogP contribution in [0.15, 0.2) is 22.7 Å². The topological polar surface area (TPSA) is 64.6 Å². The zero-order chi connectivity index (χ0) is 15.1. The molecule has 20 heavy (non-hydrogen) atoms. The second-order valence-corrected chi connectivity index (χ2v) is 4.76. The lowest BCUT2D eigenvalue weighted by Crippen LogP contribution is -2.41. The van der Waals surface area contributed by atoms with Crippen LogP contribution in [-0.4, -0.2) is 31.1 Å². The zero-order valence-electron chi connectivity index (χ0n) is 11.1. The van der Waals surface area contributed by atoms with Gasteiger partial charge in [0, 0.05) is 0 Å². The lowest BCUT2D eigenvalue weighted by molar-refractivity contribution is -0.147. The van der Waals surface area contributed by atoms with Crippen LogP contribution in [0.4, 0.5) is 4.39 Å². The summed E-state index contributed by atoms with van der Waals surface area (Å²) in [6, 6.07) is 3.11. The first-order valence-corrected chi connectivity index (χ1v) is 6.77. The molecule has 1 aromatic rings. The van der Waals surface area contributed by atoms with Crippen LogP contribution in [0.2, 0.25) is 0 Å². The Bertz CT molecular complexity index is 495. The lowest BCUT2D eigenvalue weighted by atomic mass is 10.3. The first-order chi connectivity index (χ1) is 9.43. The number of amides is 1. The van der Waals surface area contributed by atoms with Gasteiger partial charge in [-0.05, 0) is 48.0 Å². The molecule has 0 aliphatic heterocycles. The van der Waals surface area contributed by atoms with Gasteiger partial charge in [-0.2, -0.15) is 0 Å². The van der Waals surface area contributed by atoms with Gasteiger partial charge in [-0.15, -0.1) is 0 Å². The van der Waals surface area contributed by atoms with Gasteiger partial charge < -0.3 is 14.8 Å². The first kappa shape index (κ1) is 16.4. The summed E-state index contributed by atoms with van der Waals surface area (Å²) >= 11 is 3.12. The summed E-state index contributed by atoms with van der Waals surface area (Å²) < 4.78 is 23.2. The SMILES string of the molecule is CCOC(=O)C(C)NC(=O)COc1ccc(F)cc1Br. The van der Waals surface area contributed by atoms with Crippen molar-refractivity contribution in [3.63, 3.8) is 0 Å². The average Bonchev–Trinajstić information content (AvgIpc) is 2.37. The Morgan fingerprint density at radius 3 is 2.75 bits per heavy atom. The maximum Gasteiger partial charge on any atom is 0.328 e. The Kier molecular flexibility index (Phi) is 6.44. The predicted molar refractivity (Wildman–Crippen MR) is 73.8 cm³/mol. The largest absolute Gasteiger partial charge is 0.483 e. The van der Waals surface area contributed by atoms with Gasteiger partial charge in [0.1, 0.15) is 17.6 Å². The van der Waals surface area contributed by atoms with Gasteiger partial charge in [-0.25, -0.2) is 9.18 Å². The number of rotatable bonds is 6. The Labute approximate surface area is 124 Å². The summed E-state index contributed by atoms with van der Waals surface area (Å²) in [5, 5.41) is 2.44. The summed E-state index contributed by atoms with van der Waals surface area (Å²) in [5.41, 5.74) is 0. The van der Waals surface area contributed by atoms with Gasteiger partial charge in [0.2, 0.25) is 0 Å². The number of ether oxygens (including phenoxy) is 2. The van der Waals surface area contributed by atoms with Crippen molar-refractivity contribution in [2.24, 2.45) is 0 Å². The Balaban J connectivity index is 2.45. The summed E-state index contributed by atoms with van der Waals surface area (Å²) in [7, 11) is 0. The molecule has 0 aliphatic rings. The third-order valence-electron chi connectivity index (χ3n) is 2.27. The van der Waals surface area contributed by atoms with Crippen molar-refractivity contribution < 1.29 is 23.5 Å². The van der Waals surface area contributed by atoms with Crippen LogP contribution in [0.25, 0.3) is 0 Å². The maximum absolute atomic E-state index is 12.9. The number of hydrogen-bond acceptors (Lipinski definition) is 4. The van der Waals surface area contributed by atoms with E-state index in [-0.39, 0.29) is 13.2 Å². The van der Waals surface area contributed by atoms with Gasteiger partial charge in [-0.3, -0.25) is 4.79 Å². The molecule has 1 N–H and O–H groups in total. The number of hydrogen-bond donors (Lipinski definition) is 1. The molecular weight excluding hydrogens is 333 g/mol. The number of halogens is 2. The van der Waals surface area contributed by atoms with Crippen molar-refractivity contribution in [2.75, 3.05) is 13.2 Å². The second-order valence-electron chi connectivity index (χ2n) is 3.90. The highest BCUT2D eigenvalue weighted by molar-refractivity contribution is 9.10. The number of carbonyl (C=O) groups is 2. The highest BCUT2D eigenvalue weighted by Crippen LogP contribution is 2.25. The number of esters is 1. The van der Waals surface area contributed by atoms with Gasteiger partial charge in [0.25, 0.3) is 5.91 Å². The highest BCUT2D eigenvalue weighted by Gasteiger charge is 2.16. The molecule has 0 saturated heterocycles. The van der Waals surface area contributed by atoms with E-state index in [0.29, 0.717) is 10.2 Å². The lowest BCUT2D eigenvalue weighted by Gasteiger charge is -2.13. The smallest absolute Gasteiger partial charge is 0.328 e. The predicted octanol–water partition coefficient (Wildman–Crippen LogP) is 2.03. The molecule has 5 nitrogen and oxygen atoms in total. The van der Waals surface area contributed by atoms with Gasteiger partial charge >= 0.3 is 5.97 Å². The normalized spacial score (nSPS) is 11.6. The second kappa shape index (κ2) is 7.84. The Morgan fingerprint density at radius 2 is 2.15 bits per heavy atom. The van der Waals surface area contributed by atoms with Crippen molar-refractivity contribution in [2.45, 2.75) is 19.9 Å². The summed E-state index contributed by atoms with van der Waals surface area (Å²) in [5.74, 6) is -1.06. The maximum atomic E-state index is 12.9. The molecule has 0 aliphatic carbocycles.